The van der Waals surface area contributed by atoms with Crippen molar-refractivity contribution < 1.29 is 9.53 Å². The Kier molecular flexibility index (Phi) is 3.00. The molecule has 0 amide bonds. The number of hydrogen-bond acceptors (Lipinski definition) is 5. The maximum Gasteiger partial charge on any atom is 0.357 e. The van der Waals surface area contributed by atoms with Crippen molar-refractivity contribution in [1.82, 2.24) is 14.4 Å². The van der Waals surface area contributed by atoms with Crippen molar-refractivity contribution in [3.8, 4) is 0 Å². The molecule has 0 saturated heterocycles. The summed E-state index contributed by atoms with van der Waals surface area (Å²) in [7, 11) is 0. The normalized spacial score (nSPS) is 12.5. The Morgan fingerprint density at radius 2 is 2.32 bits per heavy atom. The molecular formula is C13H11N3O2S. The second-order valence-electron chi connectivity index (χ2n) is 3.99. The van der Waals surface area contributed by atoms with Gasteiger partial charge in [0, 0.05) is 17.8 Å². The molecule has 3 heterocycles. The van der Waals surface area contributed by atoms with Crippen LogP contribution in [-0.2, 0) is 4.74 Å². The fraction of sp³-hybridized carbons (Fsp3) is 0.154. The number of carbonyl (C=O) groups excluding carboxylic acids is 1. The third-order valence-corrected chi connectivity index (χ3v) is 3.65. The van der Waals surface area contributed by atoms with E-state index in [1.165, 1.54) is 17.5 Å². The van der Waals surface area contributed by atoms with E-state index in [0.717, 1.165) is 10.7 Å². The van der Waals surface area contributed by atoms with Crippen LogP contribution in [0.2, 0.25) is 0 Å². The second-order valence-corrected chi connectivity index (χ2v) is 4.92. The van der Waals surface area contributed by atoms with Crippen LogP contribution in [0.3, 0.4) is 0 Å². The summed E-state index contributed by atoms with van der Waals surface area (Å²) in [4.78, 5) is 20.4. The maximum absolute atomic E-state index is 12.1. The Bertz CT molecular complexity index is 706. The molecule has 3 rings (SSSR count). The quantitative estimate of drug-likeness (QED) is 0.688. The molecule has 0 radical (unpaired) electrons. The number of pyridine rings is 1. The van der Waals surface area contributed by atoms with Crippen molar-refractivity contribution in [2.24, 2.45) is 0 Å². The third kappa shape index (κ3) is 2.22. The average molecular weight is 273 g/mol. The largest absolute Gasteiger partial charge is 0.451 e. The lowest BCUT2D eigenvalue weighted by Gasteiger charge is -2.10. The van der Waals surface area contributed by atoms with Crippen LogP contribution in [0.4, 0.5) is 0 Å². The lowest BCUT2D eigenvalue weighted by molar-refractivity contribution is 0.0329. The number of ether oxygens (including phenoxy) is 1. The van der Waals surface area contributed by atoms with E-state index in [1.54, 1.807) is 23.7 Å². The second kappa shape index (κ2) is 4.81. The zero-order chi connectivity index (χ0) is 13.2. The Labute approximate surface area is 113 Å². The molecule has 0 N–H and O–H groups in total. The highest BCUT2D eigenvalue weighted by Gasteiger charge is 2.18. The lowest BCUT2D eigenvalue weighted by Crippen LogP contribution is -2.11. The van der Waals surface area contributed by atoms with Crippen molar-refractivity contribution in [2.75, 3.05) is 0 Å². The number of rotatable bonds is 3. The van der Waals surface area contributed by atoms with Gasteiger partial charge in [-0.3, -0.25) is 4.40 Å². The minimum Gasteiger partial charge on any atom is -0.451 e. The Morgan fingerprint density at radius 3 is 3.11 bits per heavy atom. The fourth-order valence-corrected chi connectivity index (χ4v) is 2.41. The molecule has 1 atom stereocenters. The van der Waals surface area contributed by atoms with Gasteiger partial charge in [-0.2, -0.15) is 0 Å². The van der Waals surface area contributed by atoms with Crippen LogP contribution in [-0.4, -0.2) is 20.3 Å². The van der Waals surface area contributed by atoms with Gasteiger partial charge < -0.3 is 4.74 Å². The summed E-state index contributed by atoms with van der Waals surface area (Å²) in [5, 5.41) is 2.63. The summed E-state index contributed by atoms with van der Waals surface area (Å²) < 4.78 is 7.10. The summed E-state index contributed by atoms with van der Waals surface area (Å²) in [6.07, 6.45) is 4.64. The number of thiazole rings is 1. The highest BCUT2D eigenvalue weighted by Crippen LogP contribution is 2.20. The number of fused-ring (bicyclic) bond motifs is 1. The van der Waals surface area contributed by atoms with E-state index in [-0.39, 0.29) is 6.10 Å². The summed E-state index contributed by atoms with van der Waals surface area (Å²) in [6, 6.07) is 5.55. The predicted octanol–water partition coefficient (Wildman–Crippen LogP) is 2.71. The van der Waals surface area contributed by atoms with Crippen LogP contribution < -0.4 is 0 Å². The smallest absolute Gasteiger partial charge is 0.357 e. The number of esters is 1. The van der Waals surface area contributed by atoms with Gasteiger partial charge in [-0.1, -0.05) is 6.07 Å². The Hall–Kier alpha value is -2.21. The van der Waals surface area contributed by atoms with Crippen molar-refractivity contribution in [2.45, 2.75) is 13.0 Å². The SMILES string of the molecule is C[C@@H](OC(=O)c1cnc2ccccn12)c1nccs1. The van der Waals surface area contributed by atoms with Crippen LogP contribution in [0.5, 0.6) is 0 Å². The molecule has 0 aliphatic rings. The van der Waals surface area contributed by atoms with Crippen LogP contribution in [0, 0.1) is 0 Å². The van der Waals surface area contributed by atoms with Gasteiger partial charge in [0.2, 0.25) is 0 Å². The fourth-order valence-electron chi connectivity index (χ4n) is 1.79. The van der Waals surface area contributed by atoms with Crippen molar-refractivity contribution >= 4 is 23.0 Å². The van der Waals surface area contributed by atoms with Gasteiger partial charge in [0.1, 0.15) is 10.7 Å². The highest BCUT2D eigenvalue weighted by molar-refractivity contribution is 7.09. The topological polar surface area (TPSA) is 56.5 Å². The van der Waals surface area contributed by atoms with Crippen molar-refractivity contribution in [1.29, 1.82) is 0 Å². The maximum atomic E-state index is 12.1. The minimum absolute atomic E-state index is 0.359. The van der Waals surface area contributed by atoms with Gasteiger partial charge in [-0.25, -0.2) is 14.8 Å². The molecule has 0 spiro atoms. The zero-order valence-corrected chi connectivity index (χ0v) is 11.0. The summed E-state index contributed by atoms with van der Waals surface area (Å²) in [5.41, 5.74) is 1.13. The first-order valence-electron chi connectivity index (χ1n) is 5.78. The molecule has 0 unspecified atom stereocenters. The van der Waals surface area contributed by atoms with Gasteiger partial charge in [0.15, 0.2) is 11.8 Å². The first-order valence-corrected chi connectivity index (χ1v) is 6.66. The molecule has 0 saturated carbocycles. The molecule has 3 aromatic heterocycles. The zero-order valence-electron chi connectivity index (χ0n) is 10.2. The highest BCUT2D eigenvalue weighted by atomic mass is 32.1. The van der Waals surface area contributed by atoms with E-state index in [1.807, 2.05) is 23.6 Å². The molecular weight excluding hydrogens is 262 g/mol. The summed E-state index contributed by atoms with van der Waals surface area (Å²) >= 11 is 1.46. The summed E-state index contributed by atoms with van der Waals surface area (Å²) in [6.45, 7) is 1.81. The number of nitrogens with zero attached hydrogens (tertiary/aromatic N) is 3. The molecule has 19 heavy (non-hydrogen) atoms. The number of aromatic nitrogens is 3. The Balaban J connectivity index is 1.84. The first-order chi connectivity index (χ1) is 9.25. The van der Waals surface area contributed by atoms with Crippen LogP contribution >= 0.6 is 11.3 Å². The van der Waals surface area contributed by atoms with Gasteiger partial charge in [0.25, 0.3) is 0 Å². The molecule has 0 aliphatic heterocycles. The lowest BCUT2D eigenvalue weighted by atomic mass is 10.4. The van der Waals surface area contributed by atoms with Gasteiger partial charge >= 0.3 is 5.97 Å². The number of hydrogen-bond donors (Lipinski definition) is 0. The summed E-state index contributed by atoms with van der Waals surface area (Å²) in [5.74, 6) is -0.401. The van der Waals surface area contributed by atoms with Crippen LogP contribution in [0.25, 0.3) is 5.65 Å². The molecule has 96 valence electrons. The van der Waals surface area contributed by atoms with Gasteiger partial charge in [-0.15, -0.1) is 11.3 Å². The first kappa shape index (κ1) is 11.9. The molecule has 5 nitrogen and oxygen atoms in total. The molecule has 0 aliphatic carbocycles. The van der Waals surface area contributed by atoms with E-state index in [4.69, 9.17) is 4.74 Å². The number of carbonyl (C=O) groups is 1. The van der Waals surface area contributed by atoms with Crippen molar-refractivity contribution in [3.05, 3.63) is 52.9 Å². The molecule has 0 fully saturated rings. The van der Waals surface area contributed by atoms with Gasteiger partial charge in [0.05, 0.1) is 6.20 Å². The molecule has 0 aromatic carbocycles. The van der Waals surface area contributed by atoms with E-state index < -0.39 is 5.97 Å². The van der Waals surface area contributed by atoms with E-state index in [2.05, 4.69) is 9.97 Å². The van der Waals surface area contributed by atoms with Crippen LogP contribution in [0.15, 0.2) is 42.2 Å². The minimum atomic E-state index is -0.401. The van der Waals surface area contributed by atoms with Crippen LogP contribution in [0.1, 0.15) is 28.5 Å². The van der Waals surface area contributed by atoms with Crippen molar-refractivity contribution in [3.63, 3.8) is 0 Å². The predicted molar refractivity (Wildman–Crippen MR) is 71.1 cm³/mol. The average Bonchev–Trinajstić information content (AvgIpc) is 3.08. The third-order valence-electron chi connectivity index (χ3n) is 2.71. The molecule has 3 aromatic rings. The Morgan fingerprint density at radius 1 is 1.42 bits per heavy atom. The molecule has 6 heteroatoms. The van der Waals surface area contributed by atoms with Gasteiger partial charge in [-0.05, 0) is 19.1 Å². The number of imidazole rings is 1. The van der Waals surface area contributed by atoms with E-state index in [9.17, 15) is 4.79 Å². The standard InChI is InChI=1S/C13H11N3O2S/c1-9(12-14-5-7-19-12)18-13(17)10-8-15-11-4-2-3-6-16(10)11/h2-9H,1H3/t9-/m1/s1. The monoisotopic (exact) mass is 273 g/mol. The molecule has 0 bridgehead atoms. The van der Waals surface area contributed by atoms with E-state index >= 15 is 0 Å². The van der Waals surface area contributed by atoms with E-state index in [0.29, 0.717) is 5.69 Å².